The van der Waals surface area contributed by atoms with Crippen molar-refractivity contribution < 1.29 is 14.6 Å². The normalized spacial score (nSPS) is 12.7. The number of hydrogen-bond acceptors (Lipinski definition) is 5. The minimum Gasteiger partial charge on any atom is -0.491 e. The highest BCUT2D eigenvalue weighted by molar-refractivity contribution is 7.09. The molecule has 1 aromatic heterocycles. The Kier molecular flexibility index (Phi) is 5.96. The molecule has 0 fully saturated rings. The van der Waals surface area contributed by atoms with E-state index < -0.39 is 6.10 Å². The number of carbonyl (C=O) groups is 1. The van der Waals surface area contributed by atoms with Crippen molar-refractivity contribution in [2.45, 2.75) is 39.2 Å². The van der Waals surface area contributed by atoms with Crippen LogP contribution >= 0.6 is 11.3 Å². The molecule has 130 valence electrons. The van der Waals surface area contributed by atoms with E-state index >= 15 is 0 Å². The Morgan fingerprint density at radius 2 is 2.00 bits per heavy atom. The molecule has 24 heavy (non-hydrogen) atoms. The zero-order chi connectivity index (χ0) is 17.7. The number of rotatable bonds is 6. The minimum atomic E-state index is -0.782. The van der Waals surface area contributed by atoms with Gasteiger partial charge in [0.1, 0.15) is 24.2 Å². The molecule has 0 aliphatic heterocycles. The third-order valence-electron chi connectivity index (χ3n) is 3.51. The maximum absolute atomic E-state index is 11.8. The first kappa shape index (κ1) is 18.4. The molecule has 1 amide bonds. The third kappa shape index (κ3) is 5.32. The van der Waals surface area contributed by atoms with Crippen LogP contribution in [0.1, 0.15) is 41.8 Å². The molecule has 2 N–H and O–H groups in total. The number of ether oxygens (including phenoxy) is 1. The van der Waals surface area contributed by atoms with E-state index in [1.807, 2.05) is 31.2 Å². The fourth-order valence-electron chi connectivity index (χ4n) is 2.07. The zero-order valence-corrected chi connectivity index (χ0v) is 15.3. The smallest absolute Gasteiger partial charge is 0.270 e. The number of hydrogen-bond donors (Lipinski definition) is 2. The van der Waals surface area contributed by atoms with Gasteiger partial charge in [-0.2, -0.15) is 0 Å². The number of aromatic nitrogens is 1. The van der Waals surface area contributed by atoms with E-state index in [-0.39, 0.29) is 24.5 Å². The summed E-state index contributed by atoms with van der Waals surface area (Å²) in [6.07, 6.45) is -0.782. The van der Waals surface area contributed by atoms with E-state index in [4.69, 9.17) is 4.74 Å². The fourth-order valence-corrected chi connectivity index (χ4v) is 2.66. The molecule has 2 rings (SSSR count). The van der Waals surface area contributed by atoms with E-state index in [9.17, 15) is 9.90 Å². The number of nitrogens with one attached hydrogen (secondary N) is 1. The third-order valence-corrected chi connectivity index (χ3v) is 4.29. The van der Waals surface area contributed by atoms with Gasteiger partial charge in [0.2, 0.25) is 0 Å². The van der Waals surface area contributed by atoms with Gasteiger partial charge in [-0.15, -0.1) is 11.3 Å². The van der Waals surface area contributed by atoms with Crippen LogP contribution in [0.4, 0.5) is 0 Å². The first-order valence-electron chi connectivity index (χ1n) is 7.87. The van der Waals surface area contributed by atoms with Crippen LogP contribution in [0.25, 0.3) is 0 Å². The van der Waals surface area contributed by atoms with Crippen molar-refractivity contribution in [2.24, 2.45) is 0 Å². The summed E-state index contributed by atoms with van der Waals surface area (Å²) in [7, 11) is 0. The number of nitrogens with zero attached hydrogens (tertiary/aromatic N) is 1. The summed E-state index contributed by atoms with van der Waals surface area (Å²) in [5, 5.41) is 15.1. The van der Waals surface area contributed by atoms with Gasteiger partial charge < -0.3 is 15.2 Å². The van der Waals surface area contributed by atoms with Crippen molar-refractivity contribution in [1.82, 2.24) is 10.3 Å². The maximum atomic E-state index is 11.8. The summed E-state index contributed by atoms with van der Waals surface area (Å²) >= 11 is 1.42. The lowest BCUT2D eigenvalue weighted by molar-refractivity contribution is 0.0840. The molecule has 5 nitrogen and oxygen atoms in total. The Labute approximate surface area is 146 Å². The van der Waals surface area contributed by atoms with Crippen LogP contribution in [0.5, 0.6) is 5.75 Å². The highest BCUT2D eigenvalue weighted by Crippen LogP contribution is 2.24. The molecule has 0 saturated carbocycles. The number of aryl methyl sites for hydroxylation is 1. The van der Waals surface area contributed by atoms with E-state index in [0.29, 0.717) is 11.4 Å². The standard InChI is InChI=1S/C18H24N2O3S/c1-12-20-16(11-24-12)17(22)19-9-14(21)10-23-15-7-5-13(6-8-15)18(2,3)4/h5-8,11,14,21H,9-10H2,1-4H3,(H,19,22)/t14-/m1/s1. The highest BCUT2D eigenvalue weighted by Gasteiger charge is 2.14. The number of amides is 1. The van der Waals surface area contributed by atoms with Crippen LogP contribution in [0.15, 0.2) is 29.6 Å². The molecule has 2 aromatic rings. The van der Waals surface area contributed by atoms with Gasteiger partial charge in [-0.25, -0.2) is 4.98 Å². The fraction of sp³-hybridized carbons (Fsp3) is 0.444. The van der Waals surface area contributed by atoms with Crippen LogP contribution in [0.3, 0.4) is 0 Å². The first-order valence-corrected chi connectivity index (χ1v) is 8.75. The van der Waals surface area contributed by atoms with Gasteiger partial charge in [0.15, 0.2) is 0 Å². The van der Waals surface area contributed by atoms with Crippen molar-refractivity contribution in [3.63, 3.8) is 0 Å². The van der Waals surface area contributed by atoms with Crippen LogP contribution in [-0.4, -0.2) is 35.3 Å². The van der Waals surface area contributed by atoms with Crippen molar-refractivity contribution in [1.29, 1.82) is 0 Å². The van der Waals surface area contributed by atoms with E-state index in [0.717, 1.165) is 5.01 Å². The molecular weight excluding hydrogens is 324 g/mol. The van der Waals surface area contributed by atoms with Crippen molar-refractivity contribution in [3.8, 4) is 5.75 Å². The van der Waals surface area contributed by atoms with Gasteiger partial charge in [-0.3, -0.25) is 4.79 Å². The second kappa shape index (κ2) is 7.77. The highest BCUT2D eigenvalue weighted by atomic mass is 32.1. The molecule has 1 atom stereocenters. The summed E-state index contributed by atoms with van der Waals surface area (Å²) in [6, 6.07) is 7.83. The number of aliphatic hydroxyl groups excluding tert-OH is 1. The molecule has 0 aliphatic rings. The average Bonchev–Trinajstić information content (AvgIpc) is 2.96. The Morgan fingerprint density at radius 1 is 1.33 bits per heavy atom. The SMILES string of the molecule is Cc1nc(C(=O)NC[C@@H](O)COc2ccc(C(C)(C)C)cc2)cs1. The molecule has 0 radical (unpaired) electrons. The molecule has 6 heteroatoms. The van der Waals surface area contributed by atoms with E-state index in [2.05, 4.69) is 31.1 Å². The lowest BCUT2D eigenvalue weighted by Gasteiger charge is -2.19. The molecular formula is C18H24N2O3S. The molecule has 0 spiro atoms. The summed E-state index contributed by atoms with van der Waals surface area (Å²) in [5.74, 6) is 0.413. The topological polar surface area (TPSA) is 71.5 Å². The van der Waals surface area contributed by atoms with E-state index in [1.54, 1.807) is 5.38 Å². The molecule has 0 bridgehead atoms. The van der Waals surface area contributed by atoms with Crippen LogP contribution in [0.2, 0.25) is 0 Å². The number of thiazole rings is 1. The minimum absolute atomic E-state index is 0.0936. The Hall–Kier alpha value is -1.92. The number of benzene rings is 1. The predicted molar refractivity (Wildman–Crippen MR) is 95.8 cm³/mol. The molecule has 0 unspecified atom stereocenters. The molecule has 1 heterocycles. The number of carbonyl (C=O) groups excluding carboxylic acids is 1. The molecule has 1 aromatic carbocycles. The van der Waals surface area contributed by atoms with Crippen LogP contribution < -0.4 is 10.1 Å². The molecule has 0 saturated heterocycles. The summed E-state index contributed by atoms with van der Waals surface area (Å²) in [4.78, 5) is 16.0. The first-order chi connectivity index (χ1) is 11.3. The van der Waals surface area contributed by atoms with Gasteiger partial charge in [-0.05, 0) is 30.0 Å². The average molecular weight is 348 g/mol. The Balaban J connectivity index is 1.76. The lowest BCUT2D eigenvalue weighted by atomic mass is 9.87. The molecule has 0 aliphatic carbocycles. The van der Waals surface area contributed by atoms with Gasteiger partial charge in [0.05, 0.1) is 5.01 Å². The second-order valence-corrected chi connectivity index (χ2v) is 7.76. The van der Waals surface area contributed by atoms with Crippen molar-refractivity contribution >= 4 is 17.2 Å². The second-order valence-electron chi connectivity index (χ2n) is 6.70. The quantitative estimate of drug-likeness (QED) is 0.842. The zero-order valence-electron chi connectivity index (χ0n) is 14.5. The van der Waals surface area contributed by atoms with Gasteiger partial charge in [0.25, 0.3) is 5.91 Å². The van der Waals surface area contributed by atoms with Crippen LogP contribution in [0, 0.1) is 6.92 Å². The summed E-state index contributed by atoms with van der Waals surface area (Å²) in [6.45, 7) is 8.53. The summed E-state index contributed by atoms with van der Waals surface area (Å²) < 4.78 is 5.56. The Bertz CT molecular complexity index is 674. The largest absolute Gasteiger partial charge is 0.491 e. The monoisotopic (exact) mass is 348 g/mol. The predicted octanol–water partition coefficient (Wildman–Crippen LogP) is 2.92. The lowest BCUT2D eigenvalue weighted by Crippen LogP contribution is -2.35. The van der Waals surface area contributed by atoms with E-state index in [1.165, 1.54) is 16.9 Å². The van der Waals surface area contributed by atoms with Crippen molar-refractivity contribution in [2.75, 3.05) is 13.2 Å². The van der Waals surface area contributed by atoms with Crippen LogP contribution in [-0.2, 0) is 5.41 Å². The number of aliphatic hydroxyl groups is 1. The maximum Gasteiger partial charge on any atom is 0.270 e. The Morgan fingerprint density at radius 3 is 2.54 bits per heavy atom. The van der Waals surface area contributed by atoms with Gasteiger partial charge in [-0.1, -0.05) is 32.9 Å². The van der Waals surface area contributed by atoms with Gasteiger partial charge >= 0.3 is 0 Å². The van der Waals surface area contributed by atoms with Gasteiger partial charge in [0, 0.05) is 11.9 Å². The van der Waals surface area contributed by atoms with Crippen molar-refractivity contribution in [3.05, 3.63) is 45.9 Å². The summed E-state index contributed by atoms with van der Waals surface area (Å²) in [5.41, 5.74) is 1.70.